The molecule has 1 saturated heterocycles. The van der Waals surface area contributed by atoms with Gasteiger partial charge in [-0.25, -0.2) is 4.79 Å². The van der Waals surface area contributed by atoms with Crippen LogP contribution in [-0.4, -0.2) is 28.7 Å². The van der Waals surface area contributed by atoms with E-state index in [9.17, 15) is 9.59 Å². The number of carbonyl (C=O) groups excluding carboxylic acids is 2. The number of carbonyl (C=O) groups is 2. The average molecular weight is 356 g/mol. The quantitative estimate of drug-likeness (QED) is 0.657. The van der Waals surface area contributed by atoms with E-state index in [2.05, 4.69) is 10.4 Å². The molecule has 0 aliphatic carbocycles. The maximum Gasteiger partial charge on any atom is 0.346 e. The van der Waals surface area contributed by atoms with Crippen LogP contribution in [0.15, 0.2) is 59.7 Å². The van der Waals surface area contributed by atoms with Gasteiger partial charge in [0.25, 0.3) is 5.91 Å². The van der Waals surface area contributed by atoms with Gasteiger partial charge in [-0.3, -0.25) is 4.79 Å². The van der Waals surface area contributed by atoms with Crippen LogP contribution in [0.3, 0.4) is 0 Å². The number of halogens is 1. The van der Waals surface area contributed by atoms with Gasteiger partial charge in [-0.2, -0.15) is 5.10 Å². The summed E-state index contributed by atoms with van der Waals surface area (Å²) in [4.78, 5) is 24.8. The van der Waals surface area contributed by atoms with Crippen molar-refractivity contribution in [3.05, 3.63) is 70.7 Å². The summed E-state index contributed by atoms with van der Waals surface area (Å²) in [5, 5.41) is 8.23. The summed E-state index contributed by atoms with van der Waals surface area (Å²) in [7, 11) is 0. The second kappa shape index (κ2) is 7.07. The van der Waals surface area contributed by atoms with E-state index in [-0.39, 0.29) is 5.91 Å². The SMILES string of the molecule is C[C@]1(CCc2ccccc2)NC(=O)N(/N=C\c2cccc(Cl)c2)C1=O. The number of benzene rings is 2. The van der Waals surface area contributed by atoms with Crippen LogP contribution in [0.4, 0.5) is 4.79 Å². The van der Waals surface area contributed by atoms with E-state index in [1.54, 1.807) is 31.2 Å². The molecule has 6 heteroatoms. The maximum absolute atomic E-state index is 12.6. The Kier molecular flexibility index (Phi) is 4.86. The zero-order chi connectivity index (χ0) is 17.9. The second-order valence-electron chi connectivity index (χ2n) is 6.16. The number of hydrogen-bond donors (Lipinski definition) is 1. The first kappa shape index (κ1) is 17.2. The highest BCUT2D eigenvalue weighted by molar-refractivity contribution is 6.30. The van der Waals surface area contributed by atoms with Crippen molar-refractivity contribution in [3.8, 4) is 0 Å². The van der Waals surface area contributed by atoms with Gasteiger partial charge in [0.1, 0.15) is 5.54 Å². The Bertz CT molecular complexity index is 822. The van der Waals surface area contributed by atoms with Crippen molar-refractivity contribution < 1.29 is 9.59 Å². The zero-order valence-corrected chi connectivity index (χ0v) is 14.5. The molecule has 0 radical (unpaired) electrons. The molecule has 128 valence electrons. The van der Waals surface area contributed by atoms with Crippen LogP contribution in [0.5, 0.6) is 0 Å². The minimum Gasteiger partial charge on any atom is -0.322 e. The fraction of sp³-hybridized carbons (Fsp3) is 0.211. The Morgan fingerprint density at radius 2 is 1.92 bits per heavy atom. The third kappa shape index (κ3) is 3.88. The van der Waals surface area contributed by atoms with Crippen molar-refractivity contribution in [2.24, 2.45) is 5.10 Å². The number of hydrazone groups is 1. The van der Waals surface area contributed by atoms with E-state index in [0.29, 0.717) is 23.4 Å². The average Bonchev–Trinajstić information content (AvgIpc) is 2.82. The summed E-state index contributed by atoms with van der Waals surface area (Å²) in [6.45, 7) is 1.73. The number of urea groups is 1. The van der Waals surface area contributed by atoms with Gasteiger partial charge in [0.05, 0.1) is 6.21 Å². The minimum absolute atomic E-state index is 0.355. The normalized spacial score (nSPS) is 20.3. The number of aryl methyl sites for hydroxylation is 1. The van der Waals surface area contributed by atoms with Crippen molar-refractivity contribution in [2.45, 2.75) is 25.3 Å². The molecule has 1 heterocycles. The van der Waals surface area contributed by atoms with Gasteiger partial charge in [0.15, 0.2) is 0 Å². The Labute approximate surface area is 151 Å². The highest BCUT2D eigenvalue weighted by atomic mass is 35.5. The lowest BCUT2D eigenvalue weighted by Gasteiger charge is -2.20. The van der Waals surface area contributed by atoms with E-state index < -0.39 is 11.6 Å². The number of rotatable bonds is 5. The Morgan fingerprint density at radius 1 is 1.16 bits per heavy atom. The predicted molar refractivity (Wildman–Crippen MR) is 97.6 cm³/mol. The first-order chi connectivity index (χ1) is 12.0. The molecule has 1 atom stereocenters. The van der Waals surface area contributed by atoms with E-state index >= 15 is 0 Å². The van der Waals surface area contributed by atoms with Gasteiger partial charge in [-0.05, 0) is 43.0 Å². The van der Waals surface area contributed by atoms with Crippen LogP contribution in [0.25, 0.3) is 0 Å². The van der Waals surface area contributed by atoms with Gasteiger partial charge in [-0.1, -0.05) is 54.1 Å². The molecule has 5 nitrogen and oxygen atoms in total. The second-order valence-corrected chi connectivity index (χ2v) is 6.60. The highest BCUT2D eigenvalue weighted by Crippen LogP contribution is 2.23. The third-order valence-corrected chi connectivity index (χ3v) is 4.40. The van der Waals surface area contributed by atoms with Gasteiger partial charge >= 0.3 is 6.03 Å². The Balaban J connectivity index is 1.70. The van der Waals surface area contributed by atoms with Crippen molar-refractivity contribution in [1.82, 2.24) is 10.3 Å². The predicted octanol–water partition coefficient (Wildman–Crippen LogP) is 3.62. The summed E-state index contributed by atoms with van der Waals surface area (Å²) in [5.41, 5.74) is 0.871. The molecule has 2 aromatic carbocycles. The first-order valence-electron chi connectivity index (χ1n) is 7.98. The molecule has 1 aliphatic heterocycles. The first-order valence-corrected chi connectivity index (χ1v) is 8.36. The number of imide groups is 1. The molecular formula is C19H18ClN3O2. The van der Waals surface area contributed by atoms with Crippen LogP contribution in [0, 0.1) is 0 Å². The Hall–Kier alpha value is -2.66. The summed E-state index contributed by atoms with van der Waals surface area (Å²) >= 11 is 5.92. The minimum atomic E-state index is -0.960. The summed E-state index contributed by atoms with van der Waals surface area (Å²) < 4.78 is 0. The number of hydrogen-bond acceptors (Lipinski definition) is 3. The van der Waals surface area contributed by atoms with E-state index in [0.717, 1.165) is 10.6 Å². The molecule has 0 saturated carbocycles. The Morgan fingerprint density at radius 3 is 2.64 bits per heavy atom. The molecule has 2 aromatic rings. The molecule has 0 unspecified atom stereocenters. The zero-order valence-electron chi connectivity index (χ0n) is 13.8. The van der Waals surface area contributed by atoms with Crippen LogP contribution >= 0.6 is 11.6 Å². The topological polar surface area (TPSA) is 61.8 Å². The third-order valence-electron chi connectivity index (χ3n) is 4.17. The molecular weight excluding hydrogens is 338 g/mol. The standard InChI is InChI=1S/C19H18ClN3O2/c1-19(11-10-14-6-3-2-4-7-14)17(24)23(18(25)22-19)21-13-15-8-5-9-16(20)12-15/h2-9,12-13H,10-11H2,1H3,(H,22,25)/b21-13-/t19-/m1/s1. The summed E-state index contributed by atoms with van der Waals surface area (Å²) in [5.74, 6) is -0.355. The monoisotopic (exact) mass is 355 g/mol. The maximum atomic E-state index is 12.6. The summed E-state index contributed by atoms with van der Waals surface area (Å²) in [6.07, 6.45) is 2.65. The molecule has 1 aliphatic rings. The lowest BCUT2D eigenvalue weighted by atomic mass is 9.93. The van der Waals surface area contributed by atoms with Crippen molar-refractivity contribution in [1.29, 1.82) is 0 Å². The van der Waals surface area contributed by atoms with E-state index in [1.807, 2.05) is 30.3 Å². The molecule has 1 fully saturated rings. The number of amides is 3. The lowest BCUT2D eigenvalue weighted by molar-refractivity contribution is -0.130. The molecule has 25 heavy (non-hydrogen) atoms. The van der Waals surface area contributed by atoms with Crippen molar-refractivity contribution in [3.63, 3.8) is 0 Å². The van der Waals surface area contributed by atoms with Crippen molar-refractivity contribution >= 4 is 29.8 Å². The van der Waals surface area contributed by atoms with Crippen molar-refractivity contribution in [2.75, 3.05) is 0 Å². The van der Waals surface area contributed by atoms with Crippen LogP contribution in [0.1, 0.15) is 24.5 Å². The molecule has 0 spiro atoms. The van der Waals surface area contributed by atoms with Gasteiger partial charge < -0.3 is 5.32 Å². The summed E-state index contributed by atoms with van der Waals surface area (Å²) in [6, 6.07) is 16.4. The van der Waals surface area contributed by atoms with Gasteiger partial charge in [0, 0.05) is 5.02 Å². The molecule has 3 rings (SSSR count). The van der Waals surface area contributed by atoms with Crippen LogP contribution in [-0.2, 0) is 11.2 Å². The smallest absolute Gasteiger partial charge is 0.322 e. The molecule has 0 aromatic heterocycles. The fourth-order valence-corrected chi connectivity index (χ4v) is 2.89. The van der Waals surface area contributed by atoms with E-state index in [1.165, 1.54) is 6.21 Å². The molecule has 3 amide bonds. The van der Waals surface area contributed by atoms with Crippen LogP contribution < -0.4 is 5.32 Å². The number of nitrogens with zero attached hydrogens (tertiary/aromatic N) is 2. The van der Waals surface area contributed by atoms with Gasteiger partial charge in [0.2, 0.25) is 0 Å². The van der Waals surface area contributed by atoms with Crippen LogP contribution in [0.2, 0.25) is 5.02 Å². The van der Waals surface area contributed by atoms with Gasteiger partial charge in [-0.15, -0.1) is 5.01 Å². The largest absolute Gasteiger partial charge is 0.346 e. The van der Waals surface area contributed by atoms with E-state index in [4.69, 9.17) is 11.6 Å². The molecule has 0 bridgehead atoms. The lowest BCUT2D eigenvalue weighted by Crippen LogP contribution is -2.44. The highest BCUT2D eigenvalue weighted by Gasteiger charge is 2.47. The molecule has 1 N–H and O–H groups in total. The number of nitrogens with one attached hydrogen (secondary N) is 1. The fourth-order valence-electron chi connectivity index (χ4n) is 2.69.